The highest BCUT2D eigenvalue weighted by atomic mass is 16.6. The number of nitrogens with one attached hydrogen (secondary N) is 1. The van der Waals surface area contributed by atoms with E-state index in [1.54, 1.807) is 18.2 Å². The molecule has 6 nitrogen and oxygen atoms in total. The lowest BCUT2D eigenvalue weighted by molar-refractivity contribution is -0.130. The average molecular weight is 340 g/mol. The van der Waals surface area contributed by atoms with E-state index in [9.17, 15) is 14.9 Å². The van der Waals surface area contributed by atoms with Crippen molar-refractivity contribution in [3.8, 4) is 17.6 Å². The molecule has 6 heteroatoms. The average Bonchev–Trinajstić information content (AvgIpc) is 3.36. The molecule has 0 spiro atoms. The summed E-state index contributed by atoms with van der Waals surface area (Å²) in [5, 5.41) is 12.0. The molecule has 2 aliphatic carbocycles. The van der Waals surface area contributed by atoms with Gasteiger partial charge in [0.1, 0.15) is 13.2 Å². The molecule has 2 saturated carbocycles. The van der Waals surface area contributed by atoms with Gasteiger partial charge >= 0.3 is 0 Å². The van der Waals surface area contributed by atoms with E-state index in [1.165, 1.54) is 0 Å². The minimum Gasteiger partial charge on any atom is -0.486 e. The van der Waals surface area contributed by atoms with Crippen molar-refractivity contribution in [2.45, 2.75) is 25.7 Å². The molecule has 1 aromatic carbocycles. The minimum absolute atomic E-state index is 0.0989. The van der Waals surface area contributed by atoms with Gasteiger partial charge in [0.15, 0.2) is 23.2 Å². The summed E-state index contributed by atoms with van der Waals surface area (Å²) >= 11 is 0. The highest BCUT2D eigenvalue weighted by molar-refractivity contribution is 6.11. The van der Waals surface area contributed by atoms with E-state index in [0.29, 0.717) is 42.2 Å². The number of hydrogen-bond donors (Lipinski definition) is 1. The van der Waals surface area contributed by atoms with Crippen LogP contribution in [0.5, 0.6) is 11.5 Å². The molecule has 0 radical (unpaired) electrons. The maximum atomic E-state index is 12.6. The summed E-state index contributed by atoms with van der Waals surface area (Å²) in [6.45, 7) is 0.946. The third-order valence-electron chi connectivity index (χ3n) is 5.47. The van der Waals surface area contributed by atoms with Crippen molar-refractivity contribution in [3.05, 3.63) is 18.2 Å². The lowest BCUT2D eigenvalue weighted by atomic mass is 9.99. The van der Waals surface area contributed by atoms with Crippen LogP contribution in [-0.2, 0) is 9.59 Å². The molecule has 0 bridgehead atoms. The highest BCUT2D eigenvalue weighted by Gasteiger charge is 2.56. The van der Waals surface area contributed by atoms with Gasteiger partial charge in [0, 0.05) is 17.7 Å². The van der Waals surface area contributed by atoms with Crippen molar-refractivity contribution in [2.75, 3.05) is 18.5 Å². The Morgan fingerprint density at radius 1 is 1.12 bits per heavy atom. The molecule has 4 rings (SSSR count). The smallest absolute Gasteiger partial charge is 0.249 e. The number of nitrogens with zero attached hydrogens (tertiary/aromatic N) is 1. The van der Waals surface area contributed by atoms with Crippen LogP contribution in [0.1, 0.15) is 25.7 Å². The first-order valence-electron chi connectivity index (χ1n) is 8.83. The van der Waals surface area contributed by atoms with Crippen molar-refractivity contribution in [1.29, 1.82) is 5.26 Å². The van der Waals surface area contributed by atoms with Gasteiger partial charge in [-0.3, -0.25) is 9.59 Å². The van der Waals surface area contributed by atoms with Crippen LogP contribution in [0.3, 0.4) is 0 Å². The van der Waals surface area contributed by atoms with Gasteiger partial charge in [-0.15, -0.1) is 0 Å². The molecule has 2 fully saturated rings. The lowest BCUT2D eigenvalue weighted by Gasteiger charge is -2.19. The molecular weight excluding hydrogens is 320 g/mol. The number of nitriles is 1. The van der Waals surface area contributed by atoms with Crippen LogP contribution >= 0.6 is 0 Å². The molecule has 1 amide bonds. The zero-order valence-corrected chi connectivity index (χ0v) is 13.9. The molecule has 1 N–H and O–H groups in total. The van der Waals surface area contributed by atoms with E-state index >= 15 is 0 Å². The quantitative estimate of drug-likeness (QED) is 0.851. The fraction of sp³-hybridized carbons (Fsp3) is 0.526. The normalized spacial score (nSPS) is 27.4. The minimum atomic E-state index is -1.25. The second kappa shape index (κ2) is 6.40. The number of carbonyl (C=O) groups excluding carboxylic acids is 2. The highest BCUT2D eigenvalue weighted by Crippen LogP contribution is 2.56. The fourth-order valence-electron chi connectivity index (χ4n) is 4.19. The van der Waals surface area contributed by atoms with Crippen LogP contribution in [-0.4, -0.2) is 24.9 Å². The number of anilines is 1. The Morgan fingerprint density at radius 2 is 1.80 bits per heavy atom. The van der Waals surface area contributed by atoms with Crippen molar-refractivity contribution < 1.29 is 19.1 Å². The first kappa shape index (κ1) is 15.9. The zero-order valence-electron chi connectivity index (χ0n) is 13.9. The molecule has 0 saturated heterocycles. The van der Waals surface area contributed by atoms with Gasteiger partial charge < -0.3 is 14.8 Å². The summed E-state index contributed by atoms with van der Waals surface area (Å²) in [6.07, 6.45) is 4.38. The Kier molecular flexibility index (Phi) is 4.08. The first-order chi connectivity index (χ1) is 12.2. The number of rotatable bonds is 4. The molecule has 3 aliphatic rings. The van der Waals surface area contributed by atoms with Crippen molar-refractivity contribution in [1.82, 2.24) is 0 Å². The Balaban J connectivity index is 1.44. The summed E-state index contributed by atoms with van der Waals surface area (Å²) < 4.78 is 10.9. The van der Waals surface area contributed by atoms with Crippen molar-refractivity contribution >= 4 is 17.4 Å². The molecule has 1 aliphatic heterocycles. The number of Topliss-reactive ketones (excluding diaryl/α,β-unsaturated/α-hetero) is 1. The van der Waals surface area contributed by atoms with Crippen molar-refractivity contribution in [3.63, 3.8) is 0 Å². The summed E-state index contributed by atoms with van der Waals surface area (Å²) in [4.78, 5) is 25.1. The topological polar surface area (TPSA) is 88.4 Å². The maximum Gasteiger partial charge on any atom is 0.249 e. The first-order valence-corrected chi connectivity index (χ1v) is 8.83. The van der Waals surface area contributed by atoms with Gasteiger partial charge in [-0.2, -0.15) is 5.26 Å². The number of amides is 1. The summed E-state index contributed by atoms with van der Waals surface area (Å²) in [5.74, 6) is -0.168. The second-order valence-corrected chi connectivity index (χ2v) is 6.95. The largest absolute Gasteiger partial charge is 0.486 e. The van der Waals surface area contributed by atoms with E-state index in [4.69, 9.17) is 9.47 Å². The van der Waals surface area contributed by atoms with Crippen LogP contribution in [0.2, 0.25) is 0 Å². The monoisotopic (exact) mass is 340 g/mol. The fourth-order valence-corrected chi connectivity index (χ4v) is 4.19. The van der Waals surface area contributed by atoms with Crippen LogP contribution < -0.4 is 14.8 Å². The van der Waals surface area contributed by atoms with Gasteiger partial charge in [-0.1, -0.05) is 12.8 Å². The van der Waals surface area contributed by atoms with Crippen LogP contribution in [0.25, 0.3) is 0 Å². The third-order valence-corrected chi connectivity index (χ3v) is 5.47. The van der Waals surface area contributed by atoms with Crippen LogP contribution in [0.4, 0.5) is 5.69 Å². The zero-order chi connectivity index (χ0) is 17.4. The number of benzene rings is 1. The van der Waals surface area contributed by atoms with Gasteiger partial charge in [-0.25, -0.2) is 0 Å². The predicted molar refractivity (Wildman–Crippen MR) is 89.1 cm³/mol. The van der Waals surface area contributed by atoms with E-state index < -0.39 is 11.8 Å². The summed E-state index contributed by atoms with van der Waals surface area (Å²) in [5.41, 5.74) is 0.496. The molecule has 1 heterocycles. The second-order valence-electron chi connectivity index (χ2n) is 6.95. The van der Waals surface area contributed by atoms with Gasteiger partial charge in [0.05, 0.1) is 6.07 Å². The number of carbonyl (C=O) groups is 2. The Labute approximate surface area is 146 Å². The van der Waals surface area contributed by atoms with E-state index in [1.807, 2.05) is 6.07 Å². The number of ketones is 1. The summed E-state index contributed by atoms with van der Waals surface area (Å²) in [6, 6.07) is 6.95. The predicted octanol–water partition coefficient (Wildman–Crippen LogP) is 2.54. The maximum absolute atomic E-state index is 12.6. The standard InChI is InChI=1S/C19H20N2O4/c20-10-14(18(22)17-12-3-1-2-4-13(12)17)19(23)21-11-5-6-15-16(9-11)25-8-7-24-15/h5-6,9,12-14,17H,1-4,7-8H2,(H,21,23)/t12-,13-,14+/m1/s1. The van der Waals surface area contributed by atoms with E-state index in [0.717, 1.165) is 25.7 Å². The van der Waals surface area contributed by atoms with E-state index in [2.05, 4.69) is 5.32 Å². The molecule has 0 unspecified atom stereocenters. The third kappa shape index (κ3) is 2.95. The molecule has 3 atom stereocenters. The molecular formula is C19H20N2O4. The van der Waals surface area contributed by atoms with Crippen LogP contribution in [0, 0.1) is 35.0 Å². The lowest BCUT2D eigenvalue weighted by Crippen LogP contribution is -2.30. The van der Waals surface area contributed by atoms with Crippen LogP contribution in [0.15, 0.2) is 18.2 Å². The summed E-state index contributed by atoms with van der Waals surface area (Å²) in [7, 11) is 0. The van der Waals surface area contributed by atoms with Gasteiger partial charge in [-0.05, 0) is 36.8 Å². The Morgan fingerprint density at radius 3 is 2.48 bits per heavy atom. The SMILES string of the molecule is N#C[C@H](C(=O)Nc1ccc2c(c1)OCCO2)C(=O)C1[C@@H]2CCCC[C@@H]12. The van der Waals surface area contributed by atoms with Gasteiger partial charge in [0.2, 0.25) is 5.91 Å². The number of fused-ring (bicyclic) bond motifs is 2. The molecule has 1 aromatic rings. The molecule has 25 heavy (non-hydrogen) atoms. The molecule has 0 aromatic heterocycles. The number of hydrogen-bond acceptors (Lipinski definition) is 5. The van der Waals surface area contributed by atoms with Gasteiger partial charge in [0.25, 0.3) is 0 Å². The van der Waals surface area contributed by atoms with E-state index in [-0.39, 0.29) is 11.7 Å². The Bertz CT molecular complexity index is 742. The Hall–Kier alpha value is -2.55. The molecule has 130 valence electrons. The number of ether oxygens (including phenoxy) is 2. The van der Waals surface area contributed by atoms with Crippen molar-refractivity contribution in [2.24, 2.45) is 23.7 Å².